The van der Waals surface area contributed by atoms with Gasteiger partial charge in [0.2, 0.25) is 0 Å². The molecule has 1 heterocycles. The van der Waals surface area contributed by atoms with E-state index < -0.39 is 6.10 Å². The normalized spacial score (nSPS) is 12.2. The highest BCUT2D eigenvalue weighted by Gasteiger charge is 2.10. The lowest BCUT2D eigenvalue weighted by molar-refractivity contribution is 0.189. The molecule has 3 nitrogen and oxygen atoms in total. The Morgan fingerprint density at radius 1 is 1.28 bits per heavy atom. The smallest absolute Gasteiger partial charge is 0.125 e. The first kappa shape index (κ1) is 12.5. The maximum absolute atomic E-state index is 13.1. The van der Waals surface area contributed by atoms with Crippen molar-refractivity contribution >= 4 is 0 Å². The van der Waals surface area contributed by atoms with Crippen molar-refractivity contribution in [2.24, 2.45) is 0 Å². The summed E-state index contributed by atoms with van der Waals surface area (Å²) in [5.74, 6) is 0.102. The van der Waals surface area contributed by atoms with Gasteiger partial charge in [0.25, 0.3) is 0 Å². The van der Waals surface area contributed by atoms with Crippen molar-refractivity contribution in [2.45, 2.75) is 19.6 Å². The zero-order valence-electron chi connectivity index (χ0n) is 10.0. The van der Waals surface area contributed by atoms with E-state index in [0.717, 1.165) is 5.56 Å². The Labute approximate surface area is 105 Å². The number of aliphatic hydroxyl groups is 1. The van der Waals surface area contributed by atoms with Crippen LogP contribution in [-0.4, -0.2) is 10.1 Å². The molecular formula is C14H14FNO2. The maximum Gasteiger partial charge on any atom is 0.125 e. The first-order valence-electron chi connectivity index (χ1n) is 5.66. The average molecular weight is 247 g/mol. The summed E-state index contributed by atoms with van der Waals surface area (Å²) in [6.45, 7) is 1.93. The predicted molar refractivity (Wildman–Crippen MR) is 65.6 cm³/mol. The molecule has 18 heavy (non-hydrogen) atoms. The van der Waals surface area contributed by atoms with Crippen molar-refractivity contribution in [3.05, 3.63) is 59.7 Å². The van der Waals surface area contributed by atoms with E-state index in [1.54, 1.807) is 19.3 Å². The molecule has 1 aromatic heterocycles. The largest absolute Gasteiger partial charge is 0.489 e. The van der Waals surface area contributed by atoms with Gasteiger partial charge in [0.1, 0.15) is 18.2 Å². The van der Waals surface area contributed by atoms with Crippen LogP contribution in [0.5, 0.6) is 5.75 Å². The van der Waals surface area contributed by atoms with E-state index >= 15 is 0 Å². The molecule has 1 atom stereocenters. The Kier molecular flexibility index (Phi) is 3.89. The van der Waals surface area contributed by atoms with Crippen molar-refractivity contribution in [3.8, 4) is 5.75 Å². The monoisotopic (exact) mass is 247 g/mol. The number of benzene rings is 1. The van der Waals surface area contributed by atoms with E-state index in [1.807, 2.05) is 12.1 Å². The van der Waals surface area contributed by atoms with Gasteiger partial charge in [0, 0.05) is 18.0 Å². The fraction of sp³-hybridized carbons (Fsp3) is 0.214. The van der Waals surface area contributed by atoms with Gasteiger partial charge >= 0.3 is 0 Å². The number of aliphatic hydroxyl groups excluding tert-OH is 1. The number of nitrogens with zero attached hydrogens (tertiary/aromatic N) is 1. The molecule has 0 aliphatic heterocycles. The number of pyridine rings is 1. The van der Waals surface area contributed by atoms with Crippen molar-refractivity contribution in [1.82, 2.24) is 4.98 Å². The summed E-state index contributed by atoms with van der Waals surface area (Å²) in [4.78, 5) is 3.91. The predicted octanol–water partition coefficient (Wildman–Crippen LogP) is 2.85. The standard InChI is InChI=1S/C14H14FNO2/c1-10(17)13-8-12(15)2-3-14(13)18-9-11-4-6-16-7-5-11/h2-8,10,17H,9H2,1H3/t10-/m0/s1. The van der Waals surface area contributed by atoms with E-state index in [1.165, 1.54) is 18.2 Å². The maximum atomic E-state index is 13.1. The molecule has 94 valence electrons. The summed E-state index contributed by atoms with van der Waals surface area (Å²) in [5.41, 5.74) is 1.41. The quantitative estimate of drug-likeness (QED) is 0.903. The van der Waals surface area contributed by atoms with E-state index in [2.05, 4.69) is 4.98 Å². The number of hydrogen-bond acceptors (Lipinski definition) is 3. The van der Waals surface area contributed by atoms with Gasteiger partial charge in [0.05, 0.1) is 6.10 Å². The van der Waals surface area contributed by atoms with Gasteiger partial charge in [-0.05, 0) is 42.8 Å². The van der Waals surface area contributed by atoms with Crippen LogP contribution in [0.3, 0.4) is 0 Å². The summed E-state index contributed by atoms with van der Waals surface area (Å²) in [6.07, 6.45) is 2.59. The van der Waals surface area contributed by atoms with Crippen LogP contribution in [0.25, 0.3) is 0 Å². The molecule has 1 N–H and O–H groups in total. The molecule has 0 amide bonds. The molecule has 4 heteroatoms. The third kappa shape index (κ3) is 3.05. The fourth-order valence-electron chi connectivity index (χ4n) is 1.62. The van der Waals surface area contributed by atoms with E-state index in [0.29, 0.717) is 17.9 Å². The Hall–Kier alpha value is -1.94. The van der Waals surface area contributed by atoms with Crippen molar-refractivity contribution in [3.63, 3.8) is 0 Å². The second-order valence-corrected chi connectivity index (χ2v) is 4.00. The van der Waals surface area contributed by atoms with Gasteiger partial charge < -0.3 is 9.84 Å². The summed E-state index contributed by atoms with van der Waals surface area (Å²) in [5, 5.41) is 9.57. The molecule has 0 unspecified atom stereocenters. The zero-order valence-corrected chi connectivity index (χ0v) is 10.0. The summed E-state index contributed by atoms with van der Waals surface area (Å²) in [6, 6.07) is 7.80. The van der Waals surface area contributed by atoms with Crippen LogP contribution in [0, 0.1) is 5.82 Å². The first-order chi connectivity index (χ1) is 8.66. The van der Waals surface area contributed by atoms with Gasteiger partial charge in [-0.2, -0.15) is 0 Å². The van der Waals surface area contributed by atoms with Gasteiger partial charge in [0.15, 0.2) is 0 Å². The van der Waals surface area contributed by atoms with E-state index in [4.69, 9.17) is 4.74 Å². The van der Waals surface area contributed by atoms with E-state index in [-0.39, 0.29) is 5.82 Å². The molecule has 2 aromatic rings. The molecule has 0 aliphatic rings. The number of halogens is 1. The second-order valence-electron chi connectivity index (χ2n) is 4.00. The van der Waals surface area contributed by atoms with Crippen LogP contribution in [0.1, 0.15) is 24.2 Å². The Morgan fingerprint density at radius 3 is 2.67 bits per heavy atom. The molecule has 0 radical (unpaired) electrons. The molecule has 0 spiro atoms. The van der Waals surface area contributed by atoms with Crippen molar-refractivity contribution in [2.75, 3.05) is 0 Å². The highest BCUT2D eigenvalue weighted by atomic mass is 19.1. The summed E-state index contributed by atoms with van der Waals surface area (Å²) >= 11 is 0. The van der Waals surface area contributed by atoms with Crippen LogP contribution in [0.15, 0.2) is 42.7 Å². The lowest BCUT2D eigenvalue weighted by Gasteiger charge is -2.13. The minimum Gasteiger partial charge on any atom is -0.489 e. The van der Waals surface area contributed by atoms with Crippen LogP contribution in [-0.2, 0) is 6.61 Å². The van der Waals surface area contributed by atoms with Crippen molar-refractivity contribution < 1.29 is 14.2 Å². The van der Waals surface area contributed by atoms with Gasteiger partial charge in [-0.25, -0.2) is 4.39 Å². The topological polar surface area (TPSA) is 42.4 Å². The van der Waals surface area contributed by atoms with Crippen molar-refractivity contribution in [1.29, 1.82) is 0 Å². The molecular weight excluding hydrogens is 233 g/mol. The number of rotatable bonds is 4. The van der Waals surface area contributed by atoms with E-state index in [9.17, 15) is 9.50 Å². The zero-order chi connectivity index (χ0) is 13.0. The molecule has 0 saturated carbocycles. The average Bonchev–Trinajstić information content (AvgIpc) is 2.38. The number of hydrogen-bond donors (Lipinski definition) is 1. The highest BCUT2D eigenvalue weighted by molar-refractivity contribution is 5.35. The fourth-order valence-corrected chi connectivity index (χ4v) is 1.62. The van der Waals surface area contributed by atoms with Crippen LogP contribution >= 0.6 is 0 Å². The Morgan fingerprint density at radius 2 is 2.00 bits per heavy atom. The molecule has 0 bridgehead atoms. The van der Waals surface area contributed by atoms with Crippen LogP contribution in [0.4, 0.5) is 4.39 Å². The number of ether oxygens (including phenoxy) is 1. The Bertz CT molecular complexity index is 514. The Balaban J connectivity index is 2.14. The molecule has 0 fully saturated rings. The molecule has 0 aliphatic carbocycles. The summed E-state index contributed by atoms with van der Waals surface area (Å²) in [7, 11) is 0. The second kappa shape index (κ2) is 5.60. The van der Waals surface area contributed by atoms with Crippen LogP contribution in [0.2, 0.25) is 0 Å². The lowest BCUT2D eigenvalue weighted by Crippen LogP contribution is -2.01. The minimum absolute atomic E-state index is 0.355. The first-order valence-corrected chi connectivity index (χ1v) is 5.66. The van der Waals surface area contributed by atoms with Gasteiger partial charge in [-0.3, -0.25) is 4.98 Å². The summed E-state index contributed by atoms with van der Waals surface area (Å²) < 4.78 is 18.7. The van der Waals surface area contributed by atoms with Crippen LogP contribution < -0.4 is 4.74 Å². The molecule has 0 saturated heterocycles. The SMILES string of the molecule is C[C@H](O)c1cc(F)ccc1OCc1ccncc1. The lowest BCUT2D eigenvalue weighted by atomic mass is 10.1. The molecule has 1 aromatic carbocycles. The molecule has 2 rings (SSSR count). The minimum atomic E-state index is -0.770. The third-order valence-corrected chi connectivity index (χ3v) is 2.57. The van der Waals surface area contributed by atoms with Gasteiger partial charge in [-0.15, -0.1) is 0 Å². The number of aromatic nitrogens is 1. The van der Waals surface area contributed by atoms with Gasteiger partial charge in [-0.1, -0.05) is 0 Å². The highest BCUT2D eigenvalue weighted by Crippen LogP contribution is 2.26. The third-order valence-electron chi connectivity index (χ3n) is 2.57.